The van der Waals surface area contributed by atoms with Crippen molar-refractivity contribution in [2.75, 3.05) is 6.54 Å². The molecule has 2 fully saturated rings. The number of nitrogens with zero attached hydrogens (tertiary/aromatic N) is 1. The standard InChI is InChI=1S/C18H25NO2S/c1-14-8-10-17(11-9-14)22(20,21)19-13-15(2)12-16-6-4-3-5-7-18(16)19/h8-11,16,18H,2-7,12-13H2,1H3/t16-,18+/m0/s1. The molecule has 0 amide bonds. The molecule has 2 atom stereocenters. The van der Waals surface area contributed by atoms with Crippen molar-refractivity contribution in [3.63, 3.8) is 0 Å². The van der Waals surface area contributed by atoms with Gasteiger partial charge < -0.3 is 0 Å². The Hall–Kier alpha value is -1.13. The van der Waals surface area contributed by atoms with Crippen LogP contribution in [0.4, 0.5) is 0 Å². The first-order chi connectivity index (χ1) is 10.5. The third-order valence-corrected chi connectivity index (χ3v) is 6.93. The number of aryl methyl sites for hydroxylation is 1. The first-order valence-electron chi connectivity index (χ1n) is 8.23. The Balaban J connectivity index is 1.96. The number of piperidine rings is 1. The minimum Gasteiger partial charge on any atom is -0.207 e. The Bertz CT molecular complexity index is 648. The molecule has 1 heterocycles. The maximum Gasteiger partial charge on any atom is 0.243 e. The van der Waals surface area contributed by atoms with E-state index < -0.39 is 10.0 Å². The normalized spacial score (nSPS) is 27.2. The molecule has 0 unspecified atom stereocenters. The van der Waals surface area contributed by atoms with Crippen LogP contribution in [0, 0.1) is 12.8 Å². The predicted octanol–water partition coefficient (Wildman–Crippen LogP) is 3.89. The largest absolute Gasteiger partial charge is 0.243 e. The maximum atomic E-state index is 13.1. The SMILES string of the molecule is C=C1C[C@@H]2CCCCC[C@H]2N(S(=O)(=O)c2ccc(C)cc2)C1. The molecule has 1 saturated carbocycles. The minimum absolute atomic E-state index is 0.152. The first-order valence-corrected chi connectivity index (χ1v) is 9.67. The van der Waals surface area contributed by atoms with E-state index in [9.17, 15) is 8.42 Å². The highest BCUT2D eigenvalue weighted by Gasteiger charge is 2.40. The van der Waals surface area contributed by atoms with Crippen molar-refractivity contribution in [3.05, 3.63) is 42.0 Å². The fraction of sp³-hybridized carbons (Fsp3) is 0.556. The van der Waals surface area contributed by atoms with Crippen LogP contribution in [0.5, 0.6) is 0 Å². The van der Waals surface area contributed by atoms with Crippen LogP contribution in [0.25, 0.3) is 0 Å². The summed E-state index contributed by atoms with van der Waals surface area (Å²) in [4.78, 5) is 0.413. The van der Waals surface area contributed by atoms with E-state index in [1.54, 1.807) is 16.4 Å². The summed E-state index contributed by atoms with van der Waals surface area (Å²) < 4.78 is 27.9. The summed E-state index contributed by atoms with van der Waals surface area (Å²) in [6.07, 6.45) is 6.68. The molecule has 3 nitrogen and oxygen atoms in total. The molecular weight excluding hydrogens is 294 g/mol. The van der Waals surface area contributed by atoms with Crippen LogP contribution in [0.3, 0.4) is 0 Å². The van der Waals surface area contributed by atoms with E-state index in [1.807, 2.05) is 19.1 Å². The lowest BCUT2D eigenvalue weighted by molar-refractivity contribution is 0.200. The highest BCUT2D eigenvalue weighted by atomic mass is 32.2. The van der Waals surface area contributed by atoms with E-state index >= 15 is 0 Å². The molecule has 0 bridgehead atoms. The van der Waals surface area contributed by atoms with Gasteiger partial charge in [0.25, 0.3) is 0 Å². The molecule has 1 aromatic rings. The minimum atomic E-state index is -3.43. The second kappa shape index (κ2) is 6.17. The summed E-state index contributed by atoms with van der Waals surface area (Å²) in [6, 6.07) is 7.35. The molecule has 3 rings (SSSR count). The van der Waals surface area contributed by atoms with Crippen LogP contribution >= 0.6 is 0 Å². The van der Waals surface area contributed by atoms with Gasteiger partial charge in [-0.25, -0.2) is 8.42 Å². The second-order valence-corrected chi connectivity index (χ2v) is 8.67. The molecule has 1 aliphatic carbocycles. The Morgan fingerprint density at radius 3 is 2.50 bits per heavy atom. The smallest absolute Gasteiger partial charge is 0.207 e. The Morgan fingerprint density at radius 1 is 1.09 bits per heavy atom. The molecule has 0 N–H and O–H groups in total. The number of hydrogen-bond acceptors (Lipinski definition) is 2. The lowest BCUT2D eigenvalue weighted by Crippen LogP contribution is -2.48. The van der Waals surface area contributed by atoms with E-state index in [-0.39, 0.29) is 6.04 Å². The van der Waals surface area contributed by atoms with Crippen LogP contribution in [0.1, 0.15) is 44.1 Å². The van der Waals surface area contributed by atoms with Crippen molar-refractivity contribution in [1.29, 1.82) is 0 Å². The number of hydrogen-bond donors (Lipinski definition) is 0. The molecule has 2 aliphatic rings. The summed E-state index contributed by atoms with van der Waals surface area (Å²) >= 11 is 0. The van der Waals surface area contributed by atoms with Gasteiger partial charge in [-0.1, -0.05) is 49.1 Å². The Morgan fingerprint density at radius 2 is 1.77 bits per heavy atom. The average Bonchev–Trinajstić information content (AvgIpc) is 2.72. The van der Waals surface area contributed by atoms with Gasteiger partial charge in [0.1, 0.15) is 0 Å². The number of rotatable bonds is 2. The summed E-state index contributed by atoms with van der Waals surface area (Å²) in [5, 5.41) is 0. The zero-order chi connectivity index (χ0) is 15.7. The van der Waals surface area contributed by atoms with Crippen molar-refractivity contribution >= 4 is 10.0 Å². The summed E-state index contributed by atoms with van der Waals surface area (Å²) in [7, 11) is -3.43. The van der Waals surface area contributed by atoms with Crippen molar-refractivity contribution in [2.24, 2.45) is 5.92 Å². The van der Waals surface area contributed by atoms with Gasteiger partial charge in [-0.2, -0.15) is 4.31 Å². The highest BCUT2D eigenvalue weighted by Crippen LogP contribution is 2.38. The van der Waals surface area contributed by atoms with Gasteiger partial charge in [-0.05, 0) is 44.2 Å². The maximum absolute atomic E-state index is 13.1. The molecule has 1 aromatic carbocycles. The average molecular weight is 319 g/mol. The van der Waals surface area contributed by atoms with Crippen LogP contribution < -0.4 is 0 Å². The second-order valence-electron chi connectivity index (χ2n) is 6.78. The van der Waals surface area contributed by atoms with Gasteiger partial charge in [0.15, 0.2) is 0 Å². The van der Waals surface area contributed by atoms with Gasteiger partial charge in [-0.3, -0.25) is 0 Å². The van der Waals surface area contributed by atoms with Crippen molar-refractivity contribution in [3.8, 4) is 0 Å². The monoisotopic (exact) mass is 319 g/mol. The molecule has 1 saturated heterocycles. The third kappa shape index (κ3) is 2.99. The fourth-order valence-corrected chi connectivity index (χ4v) is 5.60. The van der Waals surface area contributed by atoms with Gasteiger partial charge in [0.2, 0.25) is 10.0 Å². The molecule has 0 radical (unpaired) electrons. The first kappa shape index (κ1) is 15.8. The topological polar surface area (TPSA) is 37.4 Å². The molecule has 22 heavy (non-hydrogen) atoms. The van der Waals surface area contributed by atoms with Crippen LogP contribution in [-0.4, -0.2) is 25.3 Å². The zero-order valence-electron chi connectivity index (χ0n) is 13.3. The van der Waals surface area contributed by atoms with E-state index in [0.717, 1.165) is 36.8 Å². The van der Waals surface area contributed by atoms with Gasteiger partial charge >= 0.3 is 0 Å². The molecule has 0 aromatic heterocycles. The third-order valence-electron chi connectivity index (χ3n) is 5.05. The van der Waals surface area contributed by atoms with Crippen LogP contribution in [-0.2, 0) is 10.0 Å². The fourth-order valence-electron chi connectivity index (χ4n) is 3.86. The summed E-state index contributed by atoms with van der Waals surface area (Å²) in [5.74, 6) is 0.448. The molecule has 4 heteroatoms. The zero-order valence-corrected chi connectivity index (χ0v) is 14.1. The predicted molar refractivity (Wildman–Crippen MR) is 89.2 cm³/mol. The Labute approximate surface area is 134 Å². The van der Waals surface area contributed by atoms with E-state index in [4.69, 9.17) is 0 Å². The quantitative estimate of drug-likeness (QED) is 0.775. The van der Waals surface area contributed by atoms with Gasteiger partial charge in [0, 0.05) is 12.6 Å². The number of benzene rings is 1. The molecule has 1 aliphatic heterocycles. The van der Waals surface area contributed by atoms with Crippen LogP contribution in [0.2, 0.25) is 0 Å². The summed E-state index contributed by atoms with van der Waals surface area (Å²) in [5.41, 5.74) is 2.13. The Kier molecular flexibility index (Phi) is 4.42. The lowest BCUT2D eigenvalue weighted by atomic mass is 9.85. The number of sulfonamides is 1. The lowest BCUT2D eigenvalue weighted by Gasteiger charge is -2.40. The molecule has 120 valence electrons. The van der Waals surface area contributed by atoms with Crippen molar-refractivity contribution in [2.45, 2.75) is 56.4 Å². The van der Waals surface area contributed by atoms with E-state index in [1.165, 1.54) is 12.8 Å². The van der Waals surface area contributed by atoms with Crippen LogP contribution in [0.15, 0.2) is 41.3 Å². The van der Waals surface area contributed by atoms with E-state index in [0.29, 0.717) is 17.4 Å². The molecular formula is C18H25NO2S. The highest BCUT2D eigenvalue weighted by molar-refractivity contribution is 7.89. The van der Waals surface area contributed by atoms with E-state index in [2.05, 4.69) is 6.58 Å². The number of fused-ring (bicyclic) bond motifs is 1. The van der Waals surface area contributed by atoms with Crippen molar-refractivity contribution < 1.29 is 8.42 Å². The summed E-state index contributed by atoms with van der Waals surface area (Å²) in [6.45, 7) is 6.56. The van der Waals surface area contributed by atoms with Gasteiger partial charge in [0.05, 0.1) is 4.90 Å². The van der Waals surface area contributed by atoms with Crippen molar-refractivity contribution in [1.82, 2.24) is 4.31 Å². The molecule has 0 spiro atoms. The van der Waals surface area contributed by atoms with Gasteiger partial charge in [-0.15, -0.1) is 0 Å².